The number of allylic oxidation sites excluding steroid dienone is 3. The fourth-order valence-electron chi connectivity index (χ4n) is 6.36. The van der Waals surface area contributed by atoms with E-state index in [9.17, 15) is 29.7 Å². The summed E-state index contributed by atoms with van der Waals surface area (Å²) in [6.45, 7) is 13.5. The number of nitrogens with one attached hydrogen (secondary N) is 2. The molecule has 10 nitrogen and oxygen atoms in total. The summed E-state index contributed by atoms with van der Waals surface area (Å²) in [5, 5.41) is 30.2. The molecule has 3 aromatic heterocycles. The lowest BCUT2D eigenvalue weighted by Gasteiger charge is -2.09. The van der Waals surface area contributed by atoms with Gasteiger partial charge in [-0.1, -0.05) is 19.6 Å². The molecule has 0 saturated heterocycles. The summed E-state index contributed by atoms with van der Waals surface area (Å²) < 4.78 is 1.82. The van der Waals surface area contributed by atoms with E-state index in [-0.39, 0.29) is 35.4 Å². The Morgan fingerprint density at radius 3 is 1.89 bits per heavy atom. The zero-order valence-electron chi connectivity index (χ0n) is 26.2. The Labute approximate surface area is 295 Å². The highest BCUT2D eigenvalue weighted by atomic mass is 79.9. The third-order valence-corrected chi connectivity index (χ3v) is 11.1. The van der Waals surface area contributed by atoms with E-state index in [0.29, 0.717) is 54.5 Å². The van der Waals surface area contributed by atoms with Crippen LogP contribution in [0.5, 0.6) is 0 Å². The lowest BCUT2D eigenvalue weighted by atomic mass is 9.94. The number of hydrogen-bond acceptors (Lipinski definition) is 5. The van der Waals surface area contributed by atoms with E-state index < -0.39 is 24.3 Å². The molecule has 0 amide bonds. The number of aliphatic carboxylic acids is 3. The topological polar surface area (TPSA) is 169 Å². The molecule has 5 rings (SSSR count). The number of carbonyl (C=O) groups is 3. The van der Waals surface area contributed by atoms with Gasteiger partial charge in [0.2, 0.25) is 0 Å². The van der Waals surface area contributed by atoms with Crippen molar-refractivity contribution in [3.8, 4) is 0 Å². The predicted molar refractivity (Wildman–Crippen MR) is 194 cm³/mol. The van der Waals surface area contributed by atoms with Gasteiger partial charge in [0.1, 0.15) is 0 Å². The maximum absolute atomic E-state index is 12.8. The molecule has 13 heteroatoms. The molecule has 0 aromatic carbocycles. The van der Waals surface area contributed by atoms with E-state index in [1.165, 1.54) is 0 Å². The molecule has 5 N–H and O–H groups in total. The fraction of sp³-hybridized carbons (Fsp3) is 0.265. The molecule has 0 unspecified atom stereocenters. The van der Waals surface area contributed by atoms with Crippen molar-refractivity contribution in [3.05, 3.63) is 70.6 Å². The Morgan fingerprint density at radius 1 is 0.745 bits per heavy atom. The van der Waals surface area contributed by atoms with Crippen LogP contribution in [-0.4, -0.2) is 53.2 Å². The molecule has 8 bridgehead atoms. The highest BCUT2D eigenvalue weighted by molar-refractivity contribution is 9.11. The smallest absolute Gasteiger partial charge is 0.338 e. The van der Waals surface area contributed by atoms with Crippen LogP contribution in [0.2, 0.25) is 0 Å². The zero-order chi connectivity index (χ0) is 34.6. The largest absolute Gasteiger partial charge is 0.481 e. The van der Waals surface area contributed by atoms with E-state index in [0.717, 1.165) is 37.8 Å². The van der Waals surface area contributed by atoms with Crippen LogP contribution in [-0.2, 0) is 27.2 Å². The van der Waals surface area contributed by atoms with Crippen molar-refractivity contribution in [2.24, 2.45) is 0 Å². The Kier molecular flexibility index (Phi) is 9.55. The van der Waals surface area contributed by atoms with Gasteiger partial charge in [-0.2, -0.15) is 0 Å². The number of carboxylic acids is 3. The highest BCUT2D eigenvalue weighted by Crippen LogP contribution is 2.44. The van der Waals surface area contributed by atoms with Gasteiger partial charge in [-0.3, -0.25) is 9.59 Å². The molecule has 3 aromatic rings. The Balaban J connectivity index is 2.17. The summed E-state index contributed by atoms with van der Waals surface area (Å²) in [6, 6.07) is 0. The number of aryl methyl sites for hydroxylation is 3. The van der Waals surface area contributed by atoms with Crippen LogP contribution >= 0.6 is 47.8 Å². The molecule has 244 valence electrons. The standard InChI is InChI=1S/C34H31Br3N4O6/c1-7-16-12(3)26-23(35)28-14(5)18(9-10-20(42)43)30(38-28)19(11-21(44)45)31-22(34(46)47)15(6)29(39-31)25(37)33-17(8-2)13(4)27(41-33)24(36)32(16)40-26/h7,40-41H,1,8-11H2,2-6H3,(H,42,43)(H,44,45)(H,46,47). The van der Waals surface area contributed by atoms with E-state index in [4.69, 9.17) is 9.97 Å². The molecule has 0 aliphatic carbocycles. The summed E-state index contributed by atoms with van der Waals surface area (Å²) in [5.41, 5.74) is 8.99. The lowest BCUT2D eigenvalue weighted by molar-refractivity contribution is -0.137. The van der Waals surface area contributed by atoms with Gasteiger partial charge in [-0.15, -0.1) is 0 Å². The van der Waals surface area contributed by atoms with Crippen LogP contribution in [0.15, 0.2) is 20.0 Å². The second kappa shape index (κ2) is 13.0. The first-order valence-electron chi connectivity index (χ1n) is 14.7. The van der Waals surface area contributed by atoms with Crippen molar-refractivity contribution in [2.45, 2.75) is 60.3 Å². The van der Waals surface area contributed by atoms with E-state index >= 15 is 0 Å². The number of H-pyrrole nitrogens is 2. The zero-order valence-corrected chi connectivity index (χ0v) is 31.0. The maximum atomic E-state index is 12.8. The van der Waals surface area contributed by atoms with Gasteiger partial charge in [-0.05, 0) is 122 Å². The number of rotatable bonds is 8. The van der Waals surface area contributed by atoms with Crippen molar-refractivity contribution in [2.75, 3.05) is 0 Å². The molecule has 0 radical (unpaired) electrons. The third kappa shape index (κ3) is 5.72. The average molecular weight is 831 g/mol. The van der Waals surface area contributed by atoms with Gasteiger partial charge in [0.25, 0.3) is 0 Å². The Hall–Kier alpha value is -3.81. The lowest BCUT2D eigenvalue weighted by Crippen LogP contribution is -2.10. The van der Waals surface area contributed by atoms with Crippen LogP contribution in [0.25, 0.3) is 50.4 Å². The monoisotopic (exact) mass is 828 g/mol. The van der Waals surface area contributed by atoms with Crippen molar-refractivity contribution in [1.29, 1.82) is 0 Å². The van der Waals surface area contributed by atoms with Gasteiger partial charge < -0.3 is 25.3 Å². The molecule has 0 fully saturated rings. The van der Waals surface area contributed by atoms with Gasteiger partial charge in [0, 0.05) is 17.5 Å². The number of carboxylic acid groups (broad SMARTS) is 3. The van der Waals surface area contributed by atoms with Crippen LogP contribution in [0.4, 0.5) is 0 Å². The molecule has 2 aliphatic heterocycles. The number of aromatic amines is 2. The maximum Gasteiger partial charge on any atom is 0.338 e. The second-order valence-electron chi connectivity index (χ2n) is 11.4. The van der Waals surface area contributed by atoms with Crippen LogP contribution in [0.3, 0.4) is 0 Å². The van der Waals surface area contributed by atoms with Gasteiger partial charge in [0.15, 0.2) is 0 Å². The summed E-state index contributed by atoms with van der Waals surface area (Å²) in [7, 11) is 0. The fourth-order valence-corrected chi connectivity index (χ4v) is 8.57. The minimum Gasteiger partial charge on any atom is -0.481 e. The van der Waals surface area contributed by atoms with Crippen LogP contribution in [0, 0.1) is 13.8 Å². The van der Waals surface area contributed by atoms with Gasteiger partial charge >= 0.3 is 17.9 Å². The number of aromatic nitrogens is 4. The van der Waals surface area contributed by atoms with Crippen molar-refractivity contribution < 1.29 is 29.7 Å². The molecular weight excluding hydrogens is 800 g/mol. The van der Waals surface area contributed by atoms with E-state index in [1.807, 2.05) is 20.8 Å². The SMILES string of the molecule is C=Cc1c(C)c2[nH]c1c(Br)c1[nH]c(c(Br)c3nc(c(CC(=O)O)c4nc(c2Br)C(C)=C4CCC(=O)O)C(C(=O)O)=C3C)c(CC)c1C. The van der Waals surface area contributed by atoms with Crippen LogP contribution < -0.4 is 0 Å². The number of hydrogen-bond donors (Lipinski definition) is 5. The van der Waals surface area contributed by atoms with Crippen LogP contribution in [0.1, 0.15) is 84.2 Å². The summed E-state index contributed by atoms with van der Waals surface area (Å²) >= 11 is 11.3. The first-order valence-corrected chi connectivity index (χ1v) is 17.0. The minimum atomic E-state index is -1.28. The molecule has 5 heterocycles. The van der Waals surface area contributed by atoms with Crippen molar-refractivity contribution in [1.82, 2.24) is 19.9 Å². The molecule has 2 aliphatic rings. The number of fused-ring (bicyclic) bond motifs is 8. The predicted octanol–water partition coefficient (Wildman–Crippen LogP) is 8.86. The normalized spacial score (nSPS) is 13.0. The third-order valence-electron chi connectivity index (χ3n) is 8.74. The molecular formula is C34H31Br3N4O6. The van der Waals surface area contributed by atoms with E-state index in [1.54, 1.807) is 19.9 Å². The second-order valence-corrected chi connectivity index (χ2v) is 13.7. The Bertz CT molecular complexity index is 2190. The van der Waals surface area contributed by atoms with Crippen molar-refractivity contribution >= 4 is 116 Å². The first kappa shape index (κ1) is 34.5. The van der Waals surface area contributed by atoms with Crippen molar-refractivity contribution in [3.63, 3.8) is 0 Å². The number of nitrogens with zero attached hydrogens (tertiary/aromatic N) is 2. The molecule has 47 heavy (non-hydrogen) atoms. The highest BCUT2D eigenvalue weighted by Gasteiger charge is 2.32. The first-order chi connectivity index (χ1) is 22.1. The minimum absolute atomic E-state index is 0.0326. The average Bonchev–Trinajstić information content (AvgIpc) is 3.73. The quantitative estimate of drug-likeness (QED) is 0.150. The molecule has 0 spiro atoms. The molecule has 0 saturated carbocycles. The van der Waals surface area contributed by atoms with Gasteiger partial charge in [-0.25, -0.2) is 14.8 Å². The van der Waals surface area contributed by atoms with Gasteiger partial charge in [0.05, 0.1) is 70.3 Å². The van der Waals surface area contributed by atoms with E-state index in [2.05, 4.69) is 64.3 Å². The number of halogens is 3. The summed E-state index contributed by atoms with van der Waals surface area (Å²) in [5.74, 6) is -3.53. The molecule has 0 atom stereocenters. The summed E-state index contributed by atoms with van der Waals surface area (Å²) in [6.07, 6.45) is 1.61. The summed E-state index contributed by atoms with van der Waals surface area (Å²) in [4.78, 5) is 53.7. The Morgan fingerprint density at radius 2 is 1.32 bits per heavy atom.